The Balaban J connectivity index is 1.27. The lowest BCUT2D eigenvalue weighted by molar-refractivity contribution is -0.122. The average molecular weight is 404 g/mol. The number of hydrogen-bond donors (Lipinski definition) is 1. The third kappa shape index (κ3) is 3.64. The van der Waals surface area contributed by atoms with Crippen LogP contribution in [-0.4, -0.2) is 12.0 Å². The fourth-order valence-electron chi connectivity index (χ4n) is 6.76. The summed E-state index contributed by atoms with van der Waals surface area (Å²) in [5, 5.41) is 3.07. The van der Waals surface area contributed by atoms with Gasteiger partial charge in [-0.3, -0.25) is 4.79 Å². The fourth-order valence-corrected chi connectivity index (χ4v) is 6.76. The molecule has 1 atom stereocenters. The Bertz CT molecular complexity index is 881. The zero-order valence-electron chi connectivity index (χ0n) is 18.2. The molecule has 2 aromatic carbocycles. The minimum Gasteiger partial charge on any atom is -0.480 e. The Morgan fingerprint density at radius 1 is 1.00 bits per heavy atom. The van der Waals surface area contributed by atoms with Crippen LogP contribution in [0.25, 0.3) is 0 Å². The molecule has 4 aliphatic carbocycles. The van der Waals surface area contributed by atoms with Gasteiger partial charge in [0.2, 0.25) is 0 Å². The zero-order valence-corrected chi connectivity index (χ0v) is 18.2. The van der Waals surface area contributed by atoms with Crippen molar-refractivity contribution in [1.82, 2.24) is 0 Å². The van der Waals surface area contributed by atoms with Crippen molar-refractivity contribution >= 4 is 11.6 Å². The highest BCUT2D eigenvalue weighted by Gasteiger charge is 2.51. The Morgan fingerprint density at radius 3 is 2.17 bits per heavy atom. The van der Waals surface area contributed by atoms with E-state index in [0.29, 0.717) is 11.8 Å². The molecule has 0 radical (unpaired) electrons. The first kappa shape index (κ1) is 19.7. The van der Waals surface area contributed by atoms with Gasteiger partial charge in [0.1, 0.15) is 5.75 Å². The molecule has 1 amide bonds. The maximum atomic E-state index is 12.8. The third-order valence-corrected chi connectivity index (χ3v) is 7.83. The number of rotatable bonds is 6. The number of carbonyl (C=O) groups is 1. The summed E-state index contributed by atoms with van der Waals surface area (Å²) < 4.78 is 6.00. The third-order valence-electron chi connectivity index (χ3n) is 7.83. The molecular formula is C27H33NO2. The first-order valence-electron chi connectivity index (χ1n) is 11.7. The lowest BCUT2D eigenvalue weighted by Crippen LogP contribution is -2.48. The summed E-state index contributed by atoms with van der Waals surface area (Å²) in [6.45, 7) is 3.99. The number of para-hydroxylation sites is 1. The molecule has 6 rings (SSSR count). The van der Waals surface area contributed by atoms with Crippen molar-refractivity contribution < 1.29 is 9.53 Å². The van der Waals surface area contributed by atoms with Crippen LogP contribution >= 0.6 is 0 Å². The van der Waals surface area contributed by atoms with E-state index in [9.17, 15) is 4.79 Å². The van der Waals surface area contributed by atoms with E-state index in [1.54, 1.807) is 0 Å². The van der Waals surface area contributed by atoms with Crippen LogP contribution in [0.1, 0.15) is 63.0 Å². The number of ether oxygens (including phenoxy) is 1. The van der Waals surface area contributed by atoms with Crippen molar-refractivity contribution in [3.05, 3.63) is 59.7 Å². The van der Waals surface area contributed by atoms with Crippen molar-refractivity contribution in [2.75, 3.05) is 5.32 Å². The summed E-state index contributed by atoms with van der Waals surface area (Å²) in [5.41, 5.74) is 3.80. The maximum Gasteiger partial charge on any atom is 0.265 e. The Kier molecular flexibility index (Phi) is 5.08. The minimum absolute atomic E-state index is 0.0803. The van der Waals surface area contributed by atoms with Gasteiger partial charge >= 0.3 is 0 Å². The molecule has 0 heterocycles. The van der Waals surface area contributed by atoms with Crippen molar-refractivity contribution in [1.29, 1.82) is 0 Å². The van der Waals surface area contributed by atoms with E-state index in [1.807, 2.05) is 38.1 Å². The number of aryl methyl sites for hydroxylation is 1. The molecule has 30 heavy (non-hydrogen) atoms. The molecule has 0 unspecified atom stereocenters. The fraction of sp³-hybridized carbons (Fsp3) is 0.519. The molecule has 158 valence electrons. The van der Waals surface area contributed by atoms with Gasteiger partial charge in [0.05, 0.1) is 0 Å². The van der Waals surface area contributed by atoms with E-state index in [2.05, 4.69) is 29.6 Å². The predicted octanol–water partition coefficient (Wildman–Crippen LogP) is 6.26. The van der Waals surface area contributed by atoms with Crippen molar-refractivity contribution in [2.45, 2.75) is 70.3 Å². The Morgan fingerprint density at radius 2 is 1.60 bits per heavy atom. The highest BCUT2D eigenvalue weighted by molar-refractivity contribution is 5.94. The largest absolute Gasteiger partial charge is 0.480 e. The topological polar surface area (TPSA) is 38.3 Å². The standard InChI is InChI=1S/C27H33NO2/c1-3-24(30-25-7-5-4-6-18(25)2)26(29)28-23-10-8-22(9-11-23)27-15-19-12-20(16-27)14-21(13-19)17-27/h4-11,19-21,24H,3,12-17H2,1-2H3,(H,28,29)/t19?,20?,21?,24-,27?/m1/s1. The number of nitrogens with one attached hydrogen (secondary N) is 1. The van der Waals surface area contributed by atoms with Crippen LogP contribution in [0.5, 0.6) is 5.75 Å². The normalized spacial score (nSPS) is 30.1. The van der Waals surface area contributed by atoms with Gasteiger partial charge in [-0.25, -0.2) is 0 Å². The second-order valence-electron chi connectivity index (χ2n) is 10.0. The summed E-state index contributed by atoms with van der Waals surface area (Å²) in [7, 11) is 0. The lowest BCUT2D eigenvalue weighted by atomic mass is 9.48. The van der Waals surface area contributed by atoms with Crippen LogP contribution < -0.4 is 10.1 Å². The number of anilines is 1. The van der Waals surface area contributed by atoms with Gasteiger partial charge in [-0.2, -0.15) is 0 Å². The van der Waals surface area contributed by atoms with E-state index >= 15 is 0 Å². The van der Waals surface area contributed by atoms with Gasteiger partial charge in [0, 0.05) is 5.69 Å². The minimum atomic E-state index is -0.492. The molecule has 4 saturated carbocycles. The molecule has 1 N–H and O–H groups in total. The molecule has 3 heteroatoms. The first-order valence-corrected chi connectivity index (χ1v) is 11.7. The molecule has 2 aromatic rings. The highest BCUT2D eigenvalue weighted by Crippen LogP contribution is 2.60. The van der Waals surface area contributed by atoms with Gasteiger partial charge in [0.25, 0.3) is 5.91 Å². The predicted molar refractivity (Wildman–Crippen MR) is 121 cm³/mol. The van der Waals surface area contributed by atoms with Crippen molar-refractivity contribution in [3.8, 4) is 5.75 Å². The summed E-state index contributed by atoms with van der Waals surface area (Å²) in [4.78, 5) is 12.8. The van der Waals surface area contributed by atoms with Crippen molar-refractivity contribution in [3.63, 3.8) is 0 Å². The number of amides is 1. The van der Waals surface area contributed by atoms with E-state index in [1.165, 1.54) is 44.1 Å². The van der Waals surface area contributed by atoms with Gasteiger partial charge in [-0.05, 0) is 104 Å². The number of benzene rings is 2. The second-order valence-corrected chi connectivity index (χ2v) is 10.0. The maximum absolute atomic E-state index is 12.8. The van der Waals surface area contributed by atoms with E-state index in [4.69, 9.17) is 4.74 Å². The van der Waals surface area contributed by atoms with Crippen LogP contribution in [-0.2, 0) is 10.2 Å². The summed E-state index contributed by atoms with van der Waals surface area (Å²) in [5.74, 6) is 3.53. The number of hydrogen-bond acceptors (Lipinski definition) is 2. The van der Waals surface area contributed by atoms with Gasteiger partial charge in [-0.15, -0.1) is 0 Å². The van der Waals surface area contributed by atoms with Crippen LogP contribution in [0.3, 0.4) is 0 Å². The molecule has 0 aromatic heterocycles. The van der Waals surface area contributed by atoms with Gasteiger partial charge in [-0.1, -0.05) is 37.3 Å². The average Bonchev–Trinajstić information content (AvgIpc) is 2.72. The molecule has 4 bridgehead atoms. The van der Waals surface area contributed by atoms with E-state index < -0.39 is 6.10 Å². The molecule has 4 aliphatic rings. The zero-order chi connectivity index (χ0) is 20.7. The van der Waals surface area contributed by atoms with Gasteiger partial charge in [0.15, 0.2) is 6.10 Å². The van der Waals surface area contributed by atoms with Crippen LogP contribution in [0.15, 0.2) is 48.5 Å². The lowest BCUT2D eigenvalue weighted by Gasteiger charge is -2.57. The first-order chi connectivity index (χ1) is 14.5. The molecule has 0 spiro atoms. The monoisotopic (exact) mass is 403 g/mol. The van der Waals surface area contributed by atoms with Crippen LogP contribution in [0.2, 0.25) is 0 Å². The summed E-state index contributed by atoms with van der Waals surface area (Å²) in [6, 6.07) is 16.6. The molecule has 0 saturated heterocycles. The Labute approximate surface area is 180 Å². The van der Waals surface area contributed by atoms with E-state index in [0.717, 1.165) is 34.8 Å². The van der Waals surface area contributed by atoms with E-state index in [-0.39, 0.29) is 5.91 Å². The molecule has 0 aliphatic heterocycles. The molecule has 3 nitrogen and oxygen atoms in total. The molecular weight excluding hydrogens is 370 g/mol. The summed E-state index contributed by atoms with van der Waals surface area (Å²) >= 11 is 0. The van der Waals surface area contributed by atoms with Crippen LogP contribution in [0.4, 0.5) is 5.69 Å². The SMILES string of the molecule is CC[C@@H](Oc1ccccc1C)C(=O)Nc1ccc(C23CC4CC(CC(C4)C2)C3)cc1. The number of carbonyl (C=O) groups excluding carboxylic acids is 1. The van der Waals surface area contributed by atoms with Crippen LogP contribution in [0, 0.1) is 24.7 Å². The molecule has 4 fully saturated rings. The smallest absolute Gasteiger partial charge is 0.265 e. The second kappa shape index (κ2) is 7.76. The van der Waals surface area contributed by atoms with Crippen molar-refractivity contribution in [2.24, 2.45) is 17.8 Å². The quantitative estimate of drug-likeness (QED) is 0.618. The van der Waals surface area contributed by atoms with Gasteiger partial charge < -0.3 is 10.1 Å². The Hall–Kier alpha value is -2.29. The summed E-state index contributed by atoms with van der Waals surface area (Å²) in [6.07, 6.45) is 8.64. The highest BCUT2D eigenvalue weighted by atomic mass is 16.5.